The monoisotopic (exact) mass is 391 g/mol. The Morgan fingerprint density at radius 2 is 1.59 bits per heavy atom. The molecule has 3 aromatic rings. The first kappa shape index (κ1) is 18.8. The van der Waals surface area contributed by atoms with E-state index in [1.54, 1.807) is 17.0 Å². The summed E-state index contributed by atoms with van der Waals surface area (Å²) in [6.07, 6.45) is 0. The number of para-hydroxylation sites is 3. The highest BCUT2D eigenvalue weighted by atomic mass is 19.1. The zero-order valence-corrected chi connectivity index (χ0v) is 15.9. The molecule has 1 fully saturated rings. The van der Waals surface area contributed by atoms with E-state index >= 15 is 0 Å². The van der Waals surface area contributed by atoms with E-state index in [0.717, 1.165) is 17.2 Å². The summed E-state index contributed by atoms with van der Waals surface area (Å²) in [4.78, 5) is 16.4. The SMILES string of the molecule is O=C(Nc1cccc(F)c1)N1CCN(c2ccccc2Oc2ccccc2)CC1. The second-order valence-corrected chi connectivity index (χ2v) is 6.80. The molecule has 5 nitrogen and oxygen atoms in total. The Balaban J connectivity index is 1.39. The van der Waals surface area contributed by atoms with Gasteiger partial charge < -0.3 is 19.9 Å². The molecule has 29 heavy (non-hydrogen) atoms. The molecule has 0 aliphatic carbocycles. The molecule has 1 aliphatic rings. The van der Waals surface area contributed by atoms with Crippen molar-refractivity contribution in [1.82, 2.24) is 4.90 Å². The molecule has 0 radical (unpaired) electrons. The number of piperazine rings is 1. The topological polar surface area (TPSA) is 44.8 Å². The van der Waals surface area contributed by atoms with Gasteiger partial charge in [0.15, 0.2) is 5.75 Å². The van der Waals surface area contributed by atoms with E-state index in [9.17, 15) is 9.18 Å². The molecule has 0 atom stereocenters. The lowest BCUT2D eigenvalue weighted by Gasteiger charge is -2.36. The van der Waals surface area contributed by atoms with Crippen LogP contribution in [0.1, 0.15) is 0 Å². The fraction of sp³-hybridized carbons (Fsp3) is 0.174. The average molecular weight is 391 g/mol. The lowest BCUT2D eigenvalue weighted by atomic mass is 10.2. The van der Waals surface area contributed by atoms with Crippen molar-refractivity contribution in [3.63, 3.8) is 0 Å². The van der Waals surface area contributed by atoms with E-state index in [2.05, 4.69) is 10.2 Å². The van der Waals surface area contributed by atoms with Gasteiger partial charge in [-0.25, -0.2) is 9.18 Å². The first-order chi connectivity index (χ1) is 14.2. The number of halogens is 1. The number of rotatable bonds is 4. The summed E-state index contributed by atoms with van der Waals surface area (Å²) < 4.78 is 19.4. The maximum absolute atomic E-state index is 13.3. The number of nitrogens with zero attached hydrogens (tertiary/aromatic N) is 2. The average Bonchev–Trinajstić information content (AvgIpc) is 2.75. The first-order valence-corrected chi connectivity index (χ1v) is 9.57. The van der Waals surface area contributed by atoms with Crippen LogP contribution < -0.4 is 15.0 Å². The van der Waals surface area contributed by atoms with Crippen molar-refractivity contribution >= 4 is 17.4 Å². The highest BCUT2D eigenvalue weighted by molar-refractivity contribution is 5.89. The van der Waals surface area contributed by atoms with E-state index in [1.165, 1.54) is 12.1 Å². The van der Waals surface area contributed by atoms with E-state index in [0.29, 0.717) is 31.9 Å². The van der Waals surface area contributed by atoms with Gasteiger partial charge in [-0.2, -0.15) is 0 Å². The molecule has 0 unspecified atom stereocenters. The van der Waals surface area contributed by atoms with Gasteiger partial charge in [0.05, 0.1) is 5.69 Å². The van der Waals surface area contributed by atoms with Gasteiger partial charge in [-0.1, -0.05) is 36.4 Å². The van der Waals surface area contributed by atoms with Crippen LogP contribution in [0.4, 0.5) is 20.6 Å². The molecular formula is C23H22FN3O2. The normalized spacial score (nSPS) is 13.8. The van der Waals surface area contributed by atoms with Gasteiger partial charge in [-0.3, -0.25) is 0 Å². The highest BCUT2D eigenvalue weighted by Gasteiger charge is 2.23. The van der Waals surface area contributed by atoms with Crippen molar-refractivity contribution in [2.24, 2.45) is 0 Å². The third-order valence-electron chi connectivity index (χ3n) is 4.82. The molecular weight excluding hydrogens is 369 g/mol. The quantitative estimate of drug-likeness (QED) is 0.683. The predicted octanol–water partition coefficient (Wildman–Crippen LogP) is 4.97. The van der Waals surface area contributed by atoms with E-state index < -0.39 is 0 Å². The number of hydrogen-bond acceptors (Lipinski definition) is 3. The van der Waals surface area contributed by atoms with Crippen molar-refractivity contribution in [3.05, 3.63) is 84.7 Å². The van der Waals surface area contributed by atoms with Crippen LogP contribution in [-0.4, -0.2) is 37.1 Å². The Labute approximate surface area is 169 Å². The largest absolute Gasteiger partial charge is 0.455 e. The zero-order valence-electron chi connectivity index (χ0n) is 15.9. The Hall–Kier alpha value is -3.54. The van der Waals surface area contributed by atoms with Crippen LogP contribution in [0.15, 0.2) is 78.9 Å². The van der Waals surface area contributed by atoms with Crippen LogP contribution in [-0.2, 0) is 0 Å². The smallest absolute Gasteiger partial charge is 0.321 e. The van der Waals surface area contributed by atoms with E-state index in [-0.39, 0.29) is 11.8 Å². The third-order valence-corrected chi connectivity index (χ3v) is 4.82. The number of carbonyl (C=O) groups is 1. The van der Waals surface area contributed by atoms with Crippen LogP contribution in [0.2, 0.25) is 0 Å². The van der Waals surface area contributed by atoms with Crippen molar-refractivity contribution in [2.75, 3.05) is 36.4 Å². The summed E-state index contributed by atoms with van der Waals surface area (Å²) in [6, 6.07) is 23.3. The minimum absolute atomic E-state index is 0.218. The Bertz CT molecular complexity index is 973. The van der Waals surface area contributed by atoms with Crippen LogP contribution in [0.25, 0.3) is 0 Å². The molecule has 1 heterocycles. The first-order valence-electron chi connectivity index (χ1n) is 9.57. The molecule has 0 bridgehead atoms. The second-order valence-electron chi connectivity index (χ2n) is 6.80. The van der Waals surface area contributed by atoms with Crippen molar-refractivity contribution in [2.45, 2.75) is 0 Å². The van der Waals surface area contributed by atoms with Crippen LogP contribution in [0.5, 0.6) is 11.5 Å². The maximum atomic E-state index is 13.3. The summed E-state index contributed by atoms with van der Waals surface area (Å²) in [6.45, 7) is 2.51. The number of urea groups is 1. The van der Waals surface area contributed by atoms with Gasteiger partial charge in [0.25, 0.3) is 0 Å². The standard InChI is InChI=1S/C23H22FN3O2/c24-18-7-6-8-19(17-18)25-23(28)27-15-13-26(14-16-27)21-11-4-5-12-22(21)29-20-9-2-1-3-10-20/h1-12,17H,13-16H2,(H,25,28). The van der Waals surface area contributed by atoms with Crippen LogP contribution >= 0.6 is 0 Å². The highest BCUT2D eigenvalue weighted by Crippen LogP contribution is 2.32. The van der Waals surface area contributed by atoms with Gasteiger partial charge in [-0.15, -0.1) is 0 Å². The van der Waals surface area contributed by atoms with E-state index in [1.807, 2.05) is 54.6 Å². The van der Waals surface area contributed by atoms with Gasteiger partial charge in [0, 0.05) is 31.9 Å². The molecule has 2 amide bonds. The molecule has 4 rings (SSSR count). The van der Waals surface area contributed by atoms with Gasteiger partial charge >= 0.3 is 6.03 Å². The van der Waals surface area contributed by atoms with Crippen molar-refractivity contribution < 1.29 is 13.9 Å². The van der Waals surface area contributed by atoms with Crippen LogP contribution in [0.3, 0.4) is 0 Å². The number of carbonyl (C=O) groups excluding carboxylic acids is 1. The Morgan fingerprint density at radius 3 is 2.34 bits per heavy atom. The number of anilines is 2. The number of amides is 2. The van der Waals surface area contributed by atoms with Gasteiger partial charge in [0.2, 0.25) is 0 Å². The molecule has 0 saturated carbocycles. The summed E-state index contributed by atoms with van der Waals surface area (Å²) in [5.41, 5.74) is 1.46. The summed E-state index contributed by atoms with van der Waals surface area (Å²) in [5.74, 6) is 1.20. The Kier molecular flexibility index (Phi) is 5.61. The fourth-order valence-corrected chi connectivity index (χ4v) is 3.34. The number of ether oxygens (including phenoxy) is 1. The van der Waals surface area contributed by atoms with E-state index in [4.69, 9.17) is 4.74 Å². The van der Waals surface area contributed by atoms with Gasteiger partial charge in [-0.05, 0) is 42.5 Å². The molecule has 1 N–H and O–H groups in total. The lowest BCUT2D eigenvalue weighted by molar-refractivity contribution is 0.208. The molecule has 0 spiro atoms. The molecule has 148 valence electrons. The maximum Gasteiger partial charge on any atom is 0.321 e. The number of hydrogen-bond donors (Lipinski definition) is 1. The molecule has 1 aliphatic heterocycles. The molecule has 1 saturated heterocycles. The molecule has 6 heteroatoms. The summed E-state index contributed by atoms with van der Waals surface area (Å²) >= 11 is 0. The second kappa shape index (κ2) is 8.65. The minimum Gasteiger partial charge on any atom is -0.455 e. The zero-order chi connectivity index (χ0) is 20.1. The van der Waals surface area contributed by atoms with Crippen molar-refractivity contribution in [3.8, 4) is 11.5 Å². The summed E-state index contributed by atoms with van der Waals surface area (Å²) in [5, 5.41) is 2.75. The lowest BCUT2D eigenvalue weighted by Crippen LogP contribution is -2.50. The molecule has 0 aromatic heterocycles. The molecule has 3 aromatic carbocycles. The fourth-order valence-electron chi connectivity index (χ4n) is 3.34. The minimum atomic E-state index is -0.373. The summed E-state index contributed by atoms with van der Waals surface area (Å²) in [7, 11) is 0. The Morgan fingerprint density at radius 1 is 0.862 bits per heavy atom. The van der Waals surface area contributed by atoms with Crippen LogP contribution in [0, 0.1) is 5.82 Å². The van der Waals surface area contributed by atoms with Crippen molar-refractivity contribution in [1.29, 1.82) is 0 Å². The van der Waals surface area contributed by atoms with Gasteiger partial charge in [0.1, 0.15) is 11.6 Å². The number of nitrogens with one attached hydrogen (secondary N) is 1. The third kappa shape index (κ3) is 4.66. The number of benzene rings is 3. The predicted molar refractivity (Wildman–Crippen MR) is 112 cm³/mol.